The minimum atomic E-state index is -0.452. The lowest BCUT2D eigenvalue weighted by molar-refractivity contribution is 0.0527. The fourth-order valence-electron chi connectivity index (χ4n) is 2.05. The van der Waals surface area contributed by atoms with Crippen LogP contribution in [-0.4, -0.2) is 23.2 Å². The van der Waals surface area contributed by atoms with Gasteiger partial charge in [0.25, 0.3) is 0 Å². The molecule has 1 aromatic carbocycles. The molecule has 0 bridgehead atoms. The number of amides is 1. The van der Waals surface area contributed by atoms with Gasteiger partial charge in [0.15, 0.2) is 0 Å². The molecule has 1 N–H and O–H groups in total. The highest BCUT2D eigenvalue weighted by atomic mass is 16.6. The first-order valence-electron chi connectivity index (χ1n) is 7.24. The Hall–Kier alpha value is -2.10. The maximum absolute atomic E-state index is 11.5. The van der Waals surface area contributed by atoms with E-state index >= 15 is 0 Å². The van der Waals surface area contributed by atoms with Crippen molar-refractivity contribution in [2.75, 3.05) is 6.54 Å². The van der Waals surface area contributed by atoms with E-state index in [4.69, 9.17) is 4.74 Å². The van der Waals surface area contributed by atoms with Gasteiger partial charge in [-0.15, -0.1) is 0 Å². The van der Waals surface area contributed by atoms with Crippen LogP contribution in [0.25, 0.3) is 10.9 Å². The topological polar surface area (TPSA) is 51.2 Å². The Kier molecular flexibility index (Phi) is 4.78. The Morgan fingerprint density at radius 2 is 2.05 bits per heavy atom. The van der Waals surface area contributed by atoms with E-state index in [1.807, 2.05) is 45.2 Å². The first-order chi connectivity index (χ1) is 9.94. The van der Waals surface area contributed by atoms with Crippen LogP contribution in [0.2, 0.25) is 0 Å². The van der Waals surface area contributed by atoms with Gasteiger partial charge in [-0.2, -0.15) is 0 Å². The molecule has 0 saturated carbocycles. The molecule has 0 aliphatic rings. The summed E-state index contributed by atoms with van der Waals surface area (Å²) >= 11 is 0. The van der Waals surface area contributed by atoms with Gasteiger partial charge in [-0.1, -0.05) is 18.2 Å². The van der Waals surface area contributed by atoms with Gasteiger partial charge in [-0.3, -0.25) is 4.98 Å². The number of fused-ring (bicyclic) bond motifs is 1. The fourth-order valence-corrected chi connectivity index (χ4v) is 2.05. The number of hydrogen-bond acceptors (Lipinski definition) is 3. The highest BCUT2D eigenvalue weighted by Crippen LogP contribution is 2.13. The number of nitrogens with zero attached hydrogens (tertiary/aromatic N) is 1. The second-order valence-electron chi connectivity index (χ2n) is 6.07. The molecule has 0 aliphatic heterocycles. The summed E-state index contributed by atoms with van der Waals surface area (Å²) in [4.78, 5) is 15.9. The number of alkyl carbamates (subject to hydrolysis) is 1. The smallest absolute Gasteiger partial charge is 0.407 e. The Balaban J connectivity index is 1.79. The van der Waals surface area contributed by atoms with Crippen molar-refractivity contribution in [3.05, 3.63) is 42.1 Å². The zero-order valence-corrected chi connectivity index (χ0v) is 12.8. The van der Waals surface area contributed by atoms with E-state index in [1.165, 1.54) is 5.56 Å². The first-order valence-corrected chi connectivity index (χ1v) is 7.24. The van der Waals surface area contributed by atoms with Crippen LogP contribution in [0, 0.1) is 0 Å². The summed E-state index contributed by atoms with van der Waals surface area (Å²) in [6.45, 7) is 6.16. The van der Waals surface area contributed by atoms with E-state index in [1.54, 1.807) is 0 Å². The Morgan fingerprint density at radius 1 is 1.29 bits per heavy atom. The van der Waals surface area contributed by atoms with E-state index < -0.39 is 5.60 Å². The van der Waals surface area contributed by atoms with Crippen LogP contribution >= 0.6 is 0 Å². The highest BCUT2D eigenvalue weighted by molar-refractivity contribution is 5.78. The number of hydrogen-bond donors (Lipinski definition) is 1. The highest BCUT2D eigenvalue weighted by Gasteiger charge is 2.15. The van der Waals surface area contributed by atoms with E-state index in [9.17, 15) is 4.79 Å². The number of aryl methyl sites for hydroxylation is 1. The lowest BCUT2D eigenvalue weighted by Gasteiger charge is -2.19. The number of carbonyl (C=O) groups is 1. The van der Waals surface area contributed by atoms with Gasteiger partial charge in [0.2, 0.25) is 0 Å². The van der Waals surface area contributed by atoms with Crippen molar-refractivity contribution in [3.63, 3.8) is 0 Å². The molecule has 21 heavy (non-hydrogen) atoms. The molecule has 2 aromatic rings. The van der Waals surface area contributed by atoms with Gasteiger partial charge in [0, 0.05) is 18.1 Å². The summed E-state index contributed by atoms with van der Waals surface area (Å²) in [7, 11) is 0. The van der Waals surface area contributed by atoms with Gasteiger partial charge < -0.3 is 10.1 Å². The van der Waals surface area contributed by atoms with Crippen molar-refractivity contribution in [3.8, 4) is 0 Å². The second kappa shape index (κ2) is 6.57. The maximum Gasteiger partial charge on any atom is 0.407 e. The Labute approximate surface area is 125 Å². The van der Waals surface area contributed by atoms with E-state index in [0.717, 1.165) is 23.7 Å². The molecule has 0 atom stereocenters. The fraction of sp³-hybridized carbons (Fsp3) is 0.412. The molecule has 0 spiro atoms. The van der Waals surface area contributed by atoms with E-state index in [-0.39, 0.29) is 6.09 Å². The predicted octanol–water partition coefficient (Wildman–Crippen LogP) is 3.69. The molecule has 0 saturated heterocycles. The average molecular weight is 286 g/mol. The summed E-state index contributed by atoms with van der Waals surface area (Å²) in [5, 5.41) is 3.91. The summed E-state index contributed by atoms with van der Waals surface area (Å²) in [6.07, 6.45) is 3.28. The van der Waals surface area contributed by atoms with Crippen LogP contribution in [0.3, 0.4) is 0 Å². The van der Waals surface area contributed by atoms with Crippen molar-refractivity contribution in [1.29, 1.82) is 0 Å². The first kappa shape index (κ1) is 15.3. The number of pyridine rings is 1. The Bertz CT molecular complexity index is 617. The molecule has 0 aliphatic carbocycles. The van der Waals surface area contributed by atoms with Gasteiger partial charge >= 0.3 is 6.09 Å². The third-order valence-electron chi connectivity index (χ3n) is 2.96. The molecular weight excluding hydrogens is 264 g/mol. The van der Waals surface area contributed by atoms with Gasteiger partial charge in [0.1, 0.15) is 5.60 Å². The lowest BCUT2D eigenvalue weighted by Crippen LogP contribution is -2.33. The van der Waals surface area contributed by atoms with Crippen molar-refractivity contribution in [1.82, 2.24) is 10.3 Å². The van der Waals surface area contributed by atoms with Crippen LogP contribution in [0.5, 0.6) is 0 Å². The second-order valence-corrected chi connectivity index (χ2v) is 6.07. The average Bonchev–Trinajstić information content (AvgIpc) is 2.41. The zero-order chi connectivity index (χ0) is 15.3. The number of carbonyl (C=O) groups excluding carboxylic acids is 1. The largest absolute Gasteiger partial charge is 0.444 e. The third kappa shape index (κ3) is 5.06. The molecule has 4 nitrogen and oxygen atoms in total. The van der Waals surface area contributed by atoms with Crippen LogP contribution in [0.4, 0.5) is 4.79 Å². The minimum absolute atomic E-state index is 0.362. The summed E-state index contributed by atoms with van der Waals surface area (Å²) in [6, 6.07) is 10.2. The van der Waals surface area contributed by atoms with Crippen LogP contribution < -0.4 is 5.32 Å². The SMILES string of the molecule is CC(C)(C)OC(=O)NCCCc1cnc2ccccc2c1. The molecule has 1 aromatic heterocycles. The van der Waals surface area contributed by atoms with Crippen molar-refractivity contribution in [2.24, 2.45) is 0 Å². The molecular formula is C17H22N2O2. The molecule has 2 rings (SSSR count). The van der Waals surface area contributed by atoms with Gasteiger partial charge in [0.05, 0.1) is 5.52 Å². The number of aromatic nitrogens is 1. The van der Waals surface area contributed by atoms with Crippen molar-refractivity contribution >= 4 is 17.0 Å². The molecule has 0 radical (unpaired) electrons. The number of benzene rings is 1. The third-order valence-corrected chi connectivity index (χ3v) is 2.96. The predicted molar refractivity (Wildman–Crippen MR) is 84.3 cm³/mol. The van der Waals surface area contributed by atoms with Crippen molar-refractivity contribution < 1.29 is 9.53 Å². The standard InChI is InChI=1S/C17H22N2O2/c1-17(2,3)21-16(20)18-10-6-7-13-11-14-8-4-5-9-15(14)19-12-13/h4-5,8-9,11-12H,6-7,10H2,1-3H3,(H,18,20). The van der Waals surface area contributed by atoms with E-state index in [0.29, 0.717) is 6.54 Å². The number of para-hydroxylation sites is 1. The molecule has 112 valence electrons. The zero-order valence-electron chi connectivity index (χ0n) is 12.8. The summed E-state index contributed by atoms with van der Waals surface area (Å²) in [5.41, 5.74) is 1.74. The molecule has 0 fully saturated rings. The molecule has 1 heterocycles. The Morgan fingerprint density at radius 3 is 2.81 bits per heavy atom. The summed E-state index contributed by atoms with van der Waals surface area (Å²) in [5.74, 6) is 0. The van der Waals surface area contributed by atoms with Gasteiger partial charge in [-0.05, 0) is 51.3 Å². The summed E-state index contributed by atoms with van der Waals surface area (Å²) < 4.78 is 5.19. The normalized spacial score (nSPS) is 11.4. The van der Waals surface area contributed by atoms with Crippen LogP contribution in [-0.2, 0) is 11.2 Å². The number of rotatable bonds is 4. The van der Waals surface area contributed by atoms with Crippen molar-refractivity contribution in [2.45, 2.75) is 39.2 Å². The lowest BCUT2D eigenvalue weighted by atomic mass is 10.1. The monoisotopic (exact) mass is 286 g/mol. The van der Waals surface area contributed by atoms with Crippen LogP contribution in [0.15, 0.2) is 36.5 Å². The quantitative estimate of drug-likeness (QED) is 0.872. The van der Waals surface area contributed by atoms with E-state index in [2.05, 4.69) is 22.4 Å². The minimum Gasteiger partial charge on any atom is -0.444 e. The van der Waals surface area contributed by atoms with Gasteiger partial charge in [-0.25, -0.2) is 4.79 Å². The molecule has 1 amide bonds. The number of ether oxygens (including phenoxy) is 1. The number of nitrogens with one attached hydrogen (secondary N) is 1. The molecule has 4 heteroatoms. The molecule has 0 unspecified atom stereocenters. The maximum atomic E-state index is 11.5. The van der Waals surface area contributed by atoms with Crippen LogP contribution in [0.1, 0.15) is 32.8 Å².